The summed E-state index contributed by atoms with van der Waals surface area (Å²) in [5.74, 6) is -1.22. The second-order valence-electron chi connectivity index (χ2n) is 6.16. The van der Waals surface area contributed by atoms with Crippen LogP contribution in [0, 0.1) is 11.6 Å². The molecule has 0 saturated heterocycles. The Morgan fingerprint density at radius 1 is 0.955 bits per heavy atom. The van der Waals surface area contributed by atoms with Crippen molar-refractivity contribution in [2.45, 2.75) is 44.8 Å². The van der Waals surface area contributed by atoms with E-state index < -0.39 is 26.4 Å². The third kappa shape index (κ3) is 6.27. The van der Waals surface area contributed by atoms with E-state index in [2.05, 4.69) is 10.0 Å². The molecule has 0 amide bonds. The second kappa shape index (κ2) is 7.87. The van der Waals surface area contributed by atoms with Crippen molar-refractivity contribution in [2.75, 3.05) is 18.4 Å². The third-order valence-corrected chi connectivity index (χ3v) is 5.34. The quantitative estimate of drug-likeness (QED) is 0.718. The Labute approximate surface area is 131 Å². The minimum absolute atomic E-state index is 0.397. The molecule has 0 spiro atoms. The number of nitrogens with one attached hydrogen (secondary N) is 2. The minimum atomic E-state index is -3.29. The number of halogens is 2. The lowest BCUT2D eigenvalue weighted by Gasteiger charge is -2.19. The maximum atomic E-state index is 13.0. The maximum absolute atomic E-state index is 13.0. The van der Waals surface area contributed by atoms with Crippen LogP contribution in [0.15, 0.2) is 18.2 Å². The molecule has 126 valence electrons. The van der Waals surface area contributed by atoms with Gasteiger partial charge in [-0.3, -0.25) is 0 Å². The molecular weight excluding hydrogens is 310 g/mol. The lowest BCUT2D eigenvalue weighted by atomic mass is 10.2. The summed E-state index contributed by atoms with van der Waals surface area (Å²) < 4.78 is 51.3. The molecule has 0 heterocycles. The Bertz CT molecular complexity index is 563. The largest absolute Gasteiger partial charge is 0.385 e. The van der Waals surface area contributed by atoms with Crippen molar-refractivity contribution < 1.29 is 17.2 Å². The van der Waals surface area contributed by atoms with Crippen LogP contribution in [-0.2, 0) is 10.0 Å². The Kier molecular flexibility index (Phi) is 6.74. The van der Waals surface area contributed by atoms with Gasteiger partial charge in [0.2, 0.25) is 10.0 Å². The fourth-order valence-electron chi connectivity index (χ4n) is 1.74. The summed E-state index contributed by atoms with van der Waals surface area (Å²) in [5, 5.41) is 2.94. The highest BCUT2D eigenvalue weighted by atomic mass is 32.2. The number of rotatable bonds is 8. The van der Waals surface area contributed by atoms with E-state index in [1.54, 1.807) is 20.8 Å². The summed E-state index contributed by atoms with van der Waals surface area (Å²) in [5.41, 5.74) is 0.408. The van der Waals surface area contributed by atoms with Gasteiger partial charge in [-0.15, -0.1) is 0 Å². The Balaban J connectivity index is 2.19. The molecule has 4 nitrogen and oxygen atoms in total. The van der Waals surface area contributed by atoms with Crippen LogP contribution in [0.3, 0.4) is 0 Å². The molecule has 0 atom stereocenters. The van der Waals surface area contributed by atoms with E-state index in [-0.39, 0.29) is 0 Å². The first-order valence-electron chi connectivity index (χ1n) is 7.31. The summed E-state index contributed by atoms with van der Waals surface area (Å²) in [6.07, 6.45) is 2.32. The fraction of sp³-hybridized carbons (Fsp3) is 0.600. The van der Waals surface area contributed by atoms with Crippen molar-refractivity contribution in [3.63, 3.8) is 0 Å². The third-order valence-electron chi connectivity index (χ3n) is 3.14. The number of anilines is 1. The number of benzene rings is 1. The van der Waals surface area contributed by atoms with Gasteiger partial charge in [-0.1, -0.05) is 6.42 Å². The molecule has 0 aliphatic rings. The molecule has 1 aromatic carbocycles. The molecule has 0 radical (unpaired) electrons. The van der Waals surface area contributed by atoms with Crippen LogP contribution in [0.25, 0.3) is 0 Å². The van der Waals surface area contributed by atoms with Crippen molar-refractivity contribution in [1.29, 1.82) is 0 Å². The number of hydrogen-bond acceptors (Lipinski definition) is 3. The average molecular weight is 334 g/mol. The predicted molar refractivity (Wildman–Crippen MR) is 85.4 cm³/mol. The second-order valence-corrected chi connectivity index (χ2v) is 8.68. The standard InChI is InChI=1S/C15H24F2N2O2S/c1-15(2,3)22(20,21)19-8-6-4-5-7-18-14-10-12(16)9-13(17)11-14/h9-11,18-19H,4-8H2,1-3H3. The monoisotopic (exact) mass is 334 g/mol. The van der Waals surface area contributed by atoms with E-state index in [4.69, 9.17) is 0 Å². The van der Waals surface area contributed by atoms with Crippen LogP contribution in [0.4, 0.5) is 14.5 Å². The molecule has 2 N–H and O–H groups in total. The average Bonchev–Trinajstić information content (AvgIpc) is 2.35. The van der Waals surface area contributed by atoms with E-state index in [9.17, 15) is 17.2 Å². The number of unbranched alkanes of at least 4 members (excludes halogenated alkanes) is 2. The molecule has 1 rings (SSSR count). The number of hydrogen-bond donors (Lipinski definition) is 2. The van der Waals surface area contributed by atoms with Gasteiger partial charge in [-0.05, 0) is 45.7 Å². The van der Waals surface area contributed by atoms with E-state index >= 15 is 0 Å². The molecule has 0 fully saturated rings. The minimum Gasteiger partial charge on any atom is -0.385 e. The first-order valence-corrected chi connectivity index (χ1v) is 8.79. The van der Waals surface area contributed by atoms with E-state index in [0.29, 0.717) is 25.2 Å². The molecule has 0 aromatic heterocycles. The molecule has 0 saturated carbocycles. The number of sulfonamides is 1. The smallest absolute Gasteiger partial charge is 0.216 e. The van der Waals surface area contributed by atoms with Crippen LogP contribution in [0.1, 0.15) is 40.0 Å². The Morgan fingerprint density at radius 3 is 2.05 bits per heavy atom. The normalized spacial score (nSPS) is 12.4. The van der Waals surface area contributed by atoms with Crippen LogP contribution >= 0.6 is 0 Å². The van der Waals surface area contributed by atoms with Gasteiger partial charge >= 0.3 is 0 Å². The lowest BCUT2D eigenvalue weighted by Crippen LogP contribution is -2.39. The van der Waals surface area contributed by atoms with Gasteiger partial charge in [-0.2, -0.15) is 0 Å². The van der Waals surface area contributed by atoms with Crippen LogP contribution in [0.2, 0.25) is 0 Å². The SMILES string of the molecule is CC(C)(C)S(=O)(=O)NCCCCCNc1cc(F)cc(F)c1. The highest BCUT2D eigenvalue weighted by Gasteiger charge is 2.27. The molecule has 0 unspecified atom stereocenters. The summed E-state index contributed by atoms with van der Waals surface area (Å²) >= 11 is 0. The molecule has 22 heavy (non-hydrogen) atoms. The highest BCUT2D eigenvalue weighted by molar-refractivity contribution is 7.90. The van der Waals surface area contributed by atoms with Gasteiger partial charge in [-0.25, -0.2) is 21.9 Å². The van der Waals surface area contributed by atoms with Gasteiger partial charge < -0.3 is 5.32 Å². The Morgan fingerprint density at radius 2 is 1.50 bits per heavy atom. The topological polar surface area (TPSA) is 58.2 Å². The van der Waals surface area contributed by atoms with Crippen LogP contribution in [-0.4, -0.2) is 26.3 Å². The van der Waals surface area contributed by atoms with Crippen molar-refractivity contribution >= 4 is 15.7 Å². The molecule has 1 aromatic rings. The van der Waals surface area contributed by atoms with Gasteiger partial charge in [0.25, 0.3) is 0 Å². The Hall–Kier alpha value is -1.21. The van der Waals surface area contributed by atoms with Crippen molar-refractivity contribution in [3.8, 4) is 0 Å². The first-order chi connectivity index (χ1) is 10.1. The maximum Gasteiger partial charge on any atom is 0.216 e. The molecule has 0 bridgehead atoms. The van der Waals surface area contributed by atoms with Crippen molar-refractivity contribution in [1.82, 2.24) is 4.72 Å². The van der Waals surface area contributed by atoms with E-state index in [0.717, 1.165) is 18.9 Å². The fourth-order valence-corrected chi connectivity index (χ4v) is 2.58. The zero-order valence-corrected chi connectivity index (χ0v) is 14.1. The van der Waals surface area contributed by atoms with Gasteiger partial charge in [0, 0.05) is 24.8 Å². The van der Waals surface area contributed by atoms with Crippen LogP contribution < -0.4 is 10.0 Å². The molecule has 0 aliphatic heterocycles. The van der Waals surface area contributed by atoms with Crippen molar-refractivity contribution in [2.24, 2.45) is 0 Å². The van der Waals surface area contributed by atoms with E-state index in [1.807, 2.05) is 0 Å². The van der Waals surface area contributed by atoms with Crippen LogP contribution in [0.5, 0.6) is 0 Å². The lowest BCUT2D eigenvalue weighted by molar-refractivity contribution is 0.540. The summed E-state index contributed by atoms with van der Waals surface area (Å²) in [6, 6.07) is 3.30. The highest BCUT2D eigenvalue weighted by Crippen LogP contribution is 2.14. The van der Waals surface area contributed by atoms with Gasteiger partial charge in [0.1, 0.15) is 11.6 Å². The molecular formula is C15H24F2N2O2S. The van der Waals surface area contributed by atoms with Gasteiger partial charge in [0.15, 0.2) is 0 Å². The summed E-state index contributed by atoms with van der Waals surface area (Å²) in [6.45, 7) is 5.93. The van der Waals surface area contributed by atoms with E-state index in [1.165, 1.54) is 12.1 Å². The van der Waals surface area contributed by atoms with Crippen molar-refractivity contribution in [3.05, 3.63) is 29.8 Å². The zero-order chi connectivity index (χ0) is 16.8. The first kappa shape index (κ1) is 18.8. The summed E-state index contributed by atoms with van der Waals surface area (Å²) in [7, 11) is -3.29. The molecule has 0 aliphatic carbocycles. The predicted octanol–water partition coefficient (Wildman–Crippen LogP) is 3.26. The zero-order valence-electron chi connectivity index (χ0n) is 13.2. The molecule has 7 heteroatoms. The van der Waals surface area contributed by atoms with Gasteiger partial charge in [0.05, 0.1) is 4.75 Å². The summed E-state index contributed by atoms with van der Waals surface area (Å²) in [4.78, 5) is 0.